The Bertz CT molecular complexity index is 728. The molecule has 0 aliphatic carbocycles. The number of morpholine rings is 1. The summed E-state index contributed by atoms with van der Waals surface area (Å²) in [6.45, 7) is 21.8. The van der Waals surface area contributed by atoms with Crippen LogP contribution in [0.2, 0.25) is 18.1 Å². The van der Waals surface area contributed by atoms with E-state index in [0.29, 0.717) is 13.0 Å². The first kappa shape index (κ1) is 24.8. The van der Waals surface area contributed by atoms with Gasteiger partial charge in [0.2, 0.25) is 0 Å². The largest absolute Gasteiger partial charge is 0.415 e. The van der Waals surface area contributed by atoms with Gasteiger partial charge in [0, 0.05) is 6.42 Å². The second kappa shape index (κ2) is 9.37. The van der Waals surface area contributed by atoms with Crippen molar-refractivity contribution in [3.8, 4) is 0 Å². The van der Waals surface area contributed by atoms with Crippen molar-refractivity contribution in [2.24, 2.45) is 0 Å². The van der Waals surface area contributed by atoms with E-state index in [-0.39, 0.29) is 29.1 Å². The van der Waals surface area contributed by atoms with Crippen LogP contribution in [0.25, 0.3) is 0 Å². The number of carbonyl (C=O) groups is 1. The predicted octanol–water partition coefficient (Wildman–Crippen LogP) is 6.11. The Kier molecular flexibility index (Phi) is 7.76. The van der Waals surface area contributed by atoms with Gasteiger partial charge in [0.1, 0.15) is 5.60 Å². The summed E-state index contributed by atoms with van der Waals surface area (Å²) in [5, 5.41) is 0.129. The van der Waals surface area contributed by atoms with Gasteiger partial charge in [0.05, 0.1) is 24.8 Å². The van der Waals surface area contributed by atoms with E-state index in [4.69, 9.17) is 9.16 Å². The normalized spacial score (nSPS) is 26.5. The second-order valence-electron chi connectivity index (χ2n) is 10.3. The summed E-state index contributed by atoms with van der Waals surface area (Å²) in [6.07, 6.45) is 3.02. The average Bonchev–Trinajstić information content (AvgIpc) is 2.68. The van der Waals surface area contributed by atoms with Crippen LogP contribution in [0.5, 0.6) is 0 Å². The zero-order valence-electron chi connectivity index (χ0n) is 20.2. The summed E-state index contributed by atoms with van der Waals surface area (Å²) < 4.78 is 13.0. The van der Waals surface area contributed by atoms with E-state index < -0.39 is 13.9 Å². The number of nitrogens with zero attached hydrogens (tertiary/aromatic N) is 1. The molecule has 0 radical (unpaired) electrons. The summed E-state index contributed by atoms with van der Waals surface area (Å²) in [6, 6.07) is 10.1. The molecule has 30 heavy (non-hydrogen) atoms. The third kappa shape index (κ3) is 5.06. The first-order chi connectivity index (χ1) is 13.9. The lowest BCUT2D eigenvalue weighted by atomic mass is 9.88. The van der Waals surface area contributed by atoms with Crippen molar-refractivity contribution in [2.75, 3.05) is 6.61 Å². The monoisotopic (exact) mass is 431 g/mol. The molecule has 5 heteroatoms. The minimum absolute atomic E-state index is 0.0206. The van der Waals surface area contributed by atoms with Gasteiger partial charge in [0.15, 0.2) is 8.32 Å². The Hall–Kier alpha value is -1.43. The number of hydrogen-bond acceptors (Lipinski definition) is 3. The van der Waals surface area contributed by atoms with Crippen molar-refractivity contribution in [2.45, 2.75) is 96.3 Å². The van der Waals surface area contributed by atoms with Crippen molar-refractivity contribution in [3.05, 3.63) is 48.6 Å². The van der Waals surface area contributed by atoms with Crippen molar-refractivity contribution in [3.63, 3.8) is 0 Å². The van der Waals surface area contributed by atoms with Crippen LogP contribution in [0.4, 0.5) is 0 Å². The van der Waals surface area contributed by atoms with Crippen molar-refractivity contribution < 1.29 is 14.0 Å². The molecule has 2 unspecified atom stereocenters. The smallest absolute Gasteiger partial charge is 0.255 e. The zero-order valence-corrected chi connectivity index (χ0v) is 21.2. The first-order valence-corrected chi connectivity index (χ1v) is 14.1. The van der Waals surface area contributed by atoms with Gasteiger partial charge >= 0.3 is 0 Å². The van der Waals surface area contributed by atoms with Crippen LogP contribution in [-0.2, 0) is 14.0 Å². The molecular formula is C25H41NO3Si. The van der Waals surface area contributed by atoms with Crippen LogP contribution in [0.15, 0.2) is 43.0 Å². The topological polar surface area (TPSA) is 38.8 Å². The van der Waals surface area contributed by atoms with Crippen LogP contribution in [-0.4, -0.2) is 43.5 Å². The van der Waals surface area contributed by atoms with Crippen LogP contribution in [0, 0.1) is 0 Å². The Morgan fingerprint density at radius 2 is 1.90 bits per heavy atom. The lowest BCUT2D eigenvalue weighted by Gasteiger charge is -2.51. The van der Waals surface area contributed by atoms with Crippen LogP contribution < -0.4 is 0 Å². The molecule has 1 aromatic rings. The Balaban J connectivity index is 2.42. The molecular weight excluding hydrogens is 390 g/mol. The van der Waals surface area contributed by atoms with E-state index in [1.54, 1.807) is 6.08 Å². The minimum atomic E-state index is -1.92. The molecule has 2 rings (SSSR count). The molecule has 1 aliphatic heterocycles. The number of carbonyl (C=O) groups excluding carboxylic acids is 1. The van der Waals surface area contributed by atoms with Crippen LogP contribution in [0.3, 0.4) is 0 Å². The Morgan fingerprint density at radius 1 is 1.30 bits per heavy atom. The minimum Gasteiger partial charge on any atom is -0.415 e. The molecule has 0 aromatic heterocycles. The lowest BCUT2D eigenvalue weighted by Crippen LogP contribution is -2.62. The van der Waals surface area contributed by atoms with E-state index in [1.807, 2.05) is 30.0 Å². The van der Waals surface area contributed by atoms with Gasteiger partial charge < -0.3 is 14.1 Å². The summed E-state index contributed by atoms with van der Waals surface area (Å²) in [7, 11) is -1.92. The van der Waals surface area contributed by atoms with E-state index in [0.717, 1.165) is 12.0 Å². The fourth-order valence-electron chi connectivity index (χ4n) is 3.87. The van der Waals surface area contributed by atoms with Gasteiger partial charge in [0.25, 0.3) is 5.91 Å². The predicted molar refractivity (Wildman–Crippen MR) is 127 cm³/mol. The lowest BCUT2D eigenvalue weighted by molar-refractivity contribution is -0.201. The summed E-state index contributed by atoms with van der Waals surface area (Å²) in [4.78, 5) is 15.8. The van der Waals surface area contributed by atoms with Gasteiger partial charge in [-0.25, -0.2) is 0 Å². The molecule has 1 amide bonds. The maximum atomic E-state index is 13.8. The van der Waals surface area contributed by atoms with Gasteiger partial charge in [-0.3, -0.25) is 4.79 Å². The standard InChI is InChI=1S/C25H41NO3Si/c1-10-17-25(7)23(27)26(19(3)18-28-30(8,9)24(4,5)6)22(21(11-2)29-25)20-15-13-12-14-16-20/h10,12-16,19,21-22H,1,11,17-18H2,2-9H3/t19-,21+,22?,25?/m0/s1. The van der Waals surface area contributed by atoms with Gasteiger partial charge in [-0.05, 0) is 44.0 Å². The van der Waals surface area contributed by atoms with Crippen molar-refractivity contribution in [1.82, 2.24) is 4.90 Å². The molecule has 4 nitrogen and oxygen atoms in total. The highest BCUT2D eigenvalue weighted by molar-refractivity contribution is 6.74. The highest BCUT2D eigenvalue weighted by atomic mass is 28.4. The summed E-state index contributed by atoms with van der Waals surface area (Å²) >= 11 is 0. The molecule has 1 aliphatic rings. The third-order valence-electron chi connectivity index (χ3n) is 6.79. The third-order valence-corrected chi connectivity index (χ3v) is 11.3. The van der Waals surface area contributed by atoms with Crippen molar-refractivity contribution >= 4 is 14.2 Å². The molecule has 168 valence electrons. The zero-order chi connectivity index (χ0) is 22.7. The Morgan fingerprint density at radius 3 is 2.40 bits per heavy atom. The summed E-state index contributed by atoms with van der Waals surface area (Å²) in [5.41, 5.74) is 0.219. The molecule has 0 bridgehead atoms. The average molecular weight is 432 g/mol. The van der Waals surface area contributed by atoms with Gasteiger partial charge in [-0.1, -0.05) is 64.1 Å². The van der Waals surface area contributed by atoms with E-state index >= 15 is 0 Å². The fourth-order valence-corrected chi connectivity index (χ4v) is 4.96. The molecule has 4 atom stereocenters. The molecule has 0 spiro atoms. The summed E-state index contributed by atoms with van der Waals surface area (Å²) in [5.74, 6) is 0.0206. The molecule has 0 N–H and O–H groups in total. The number of hydrogen-bond donors (Lipinski definition) is 0. The molecule has 0 saturated carbocycles. The van der Waals surface area contributed by atoms with Gasteiger partial charge in [-0.15, -0.1) is 6.58 Å². The van der Waals surface area contributed by atoms with Crippen molar-refractivity contribution in [1.29, 1.82) is 0 Å². The van der Waals surface area contributed by atoms with Crippen LogP contribution in [0.1, 0.15) is 66.0 Å². The maximum absolute atomic E-state index is 13.8. The van der Waals surface area contributed by atoms with Crippen LogP contribution >= 0.6 is 0 Å². The maximum Gasteiger partial charge on any atom is 0.255 e. The highest BCUT2D eigenvalue weighted by Gasteiger charge is 2.51. The van der Waals surface area contributed by atoms with E-state index in [1.165, 1.54) is 0 Å². The number of amides is 1. The fraction of sp³-hybridized carbons (Fsp3) is 0.640. The highest BCUT2D eigenvalue weighted by Crippen LogP contribution is 2.42. The number of rotatable bonds is 8. The molecule has 1 fully saturated rings. The van der Waals surface area contributed by atoms with E-state index in [2.05, 4.69) is 66.4 Å². The quantitative estimate of drug-likeness (QED) is 0.368. The van der Waals surface area contributed by atoms with Gasteiger partial charge in [-0.2, -0.15) is 0 Å². The SMILES string of the molecule is C=CCC1(C)O[C@H](CC)C(c2ccccc2)N([C@@H](C)CO[Si](C)(C)C(C)(C)C)C1=O. The number of ether oxygens (including phenoxy) is 1. The van der Waals surface area contributed by atoms with E-state index in [9.17, 15) is 4.79 Å². The molecule has 1 heterocycles. The molecule has 1 saturated heterocycles. The first-order valence-electron chi connectivity index (χ1n) is 11.2. The molecule has 1 aromatic carbocycles. The second-order valence-corrected chi connectivity index (χ2v) is 15.1. The number of benzene rings is 1. The Labute approximate surface area is 184 Å².